The standard InChI is InChI=1S/C11H21N3O2/c1-7(2)11(5-4-6-13-11)10(16)14-8(3)9(12)15/h7-8,13H,4-6H2,1-3H3,(H2,12,15)(H,14,16)/t8-,11+/m0/s1. The van der Waals surface area contributed by atoms with Gasteiger partial charge in [-0.3, -0.25) is 9.59 Å². The molecule has 0 radical (unpaired) electrons. The first-order valence-corrected chi connectivity index (χ1v) is 5.75. The smallest absolute Gasteiger partial charge is 0.241 e. The molecule has 4 N–H and O–H groups in total. The van der Waals surface area contributed by atoms with Gasteiger partial charge in [0.1, 0.15) is 11.6 Å². The summed E-state index contributed by atoms with van der Waals surface area (Å²) in [5.41, 5.74) is 4.59. The van der Waals surface area contributed by atoms with E-state index in [0.29, 0.717) is 0 Å². The van der Waals surface area contributed by atoms with Crippen molar-refractivity contribution in [2.24, 2.45) is 11.7 Å². The molecule has 1 aliphatic rings. The van der Waals surface area contributed by atoms with E-state index in [1.54, 1.807) is 6.92 Å². The molecule has 0 bridgehead atoms. The Morgan fingerprint density at radius 1 is 1.38 bits per heavy atom. The van der Waals surface area contributed by atoms with Crippen LogP contribution in [-0.4, -0.2) is 29.9 Å². The number of nitrogens with one attached hydrogen (secondary N) is 2. The van der Waals surface area contributed by atoms with Crippen molar-refractivity contribution in [3.8, 4) is 0 Å². The van der Waals surface area contributed by atoms with E-state index in [1.807, 2.05) is 13.8 Å². The first-order chi connectivity index (χ1) is 7.40. The van der Waals surface area contributed by atoms with Crippen molar-refractivity contribution >= 4 is 11.8 Å². The van der Waals surface area contributed by atoms with E-state index >= 15 is 0 Å². The van der Waals surface area contributed by atoms with Crippen LogP contribution in [0.2, 0.25) is 0 Å². The molecule has 0 unspecified atom stereocenters. The highest BCUT2D eigenvalue weighted by atomic mass is 16.2. The predicted octanol–water partition coefficient (Wildman–Crippen LogP) is -0.245. The van der Waals surface area contributed by atoms with Gasteiger partial charge in [-0.25, -0.2) is 0 Å². The van der Waals surface area contributed by atoms with Crippen LogP contribution < -0.4 is 16.4 Å². The molecule has 16 heavy (non-hydrogen) atoms. The largest absolute Gasteiger partial charge is 0.368 e. The van der Waals surface area contributed by atoms with Gasteiger partial charge in [0.25, 0.3) is 0 Å². The lowest BCUT2D eigenvalue weighted by atomic mass is 9.84. The lowest BCUT2D eigenvalue weighted by molar-refractivity contribution is -0.132. The van der Waals surface area contributed by atoms with Crippen LogP contribution in [0.3, 0.4) is 0 Å². The molecule has 0 saturated carbocycles. The van der Waals surface area contributed by atoms with Gasteiger partial charge in [0.05, 0.1) is 0 Å². The van der Waals surface area contributed by atoms with E-state index in [9.17, 15) is 9.59 Å². The fraction of sp³-hybridized carbons (Fsp3) is 0.818. The normalized spacial score (nSPS) is 26.8. The van der Waals surface area contributed by atoms with Crippen molar-refractivity contribution < 1.29 is 9.59 Å². The van der Waals surface area contributed by atoms with Gasteiger partial charge in [-0.1, -0.05) is 13.8 Å². The van der Waals surface area contributed by atoms with Crippen molar-refractivity contribution in [3.63, 3.8) is 0 Å². The predicted molar refractivity (Wildman–Crippen MR) is 61.6 cm³/mol. The van der Waals surface area contributed by atoms with Crippen molar-refractivity contribution in [2.75, 3.05) is 6.54 Å². The van der Waals surface area contributed by atoms with Crippen LogP contribution in [0.5, 0.6) is 0 Å². The quantitative estimate of drug-likeness (QED) is 0.619. The van der Waals surface area contributed by atoms with Crippen LogP contribution in [0.4, 0.5) is 0 Å². The van der Waals surface area contributed by atoms with E-state index < -0.39 is 17.5 Å². The third-order valence-corrected chi connectivity index (χ3v) is 3.35. The number of nitrogens with two attached hydrogens (primary N) is 1. The molecular formula is C11H21N3O2. The maximum absolute atomic E-state index is 12.1. The summed E-state index contributed by atoms with van der Waals surface area (Å²) in [6, 6.07) is -0.620. The molecule has 1 saturated heterocycles. The molecule has 92 valence electrons. The van der Waals surface area contributed by atoms with Gasteiger partial charge < -0.3 is 16.4 Å². The summed E-state index contributed by atoms with van der Waals surface area (Å²) in [5.74, 6) is -0.438. The molecule has 1 fully saturated rings. The first-order valence-electron chi connectivity index (χ1n) is 5.75. The van der Waals surface area contributed by atoms with Gasteiger partial charge in [-0.05, 0) is 32.2 Å². The van der Waals surface area contributed by atoms with E-state index in [-0.39, 0.29) is 11.8 Å². The van der Waals surface area contributed by atoms with E-state index in [4.69, 9.17) is 5.73 Å². The Kier molecular flexibility index (Phi) is 3.91. The Bertz CT molecular complexity index is 283. The van der Waals surface area contributed by atoms with Crippen LogP contribution >= 0.6 is 0 Å². The molecule has 0 aromatic heterocycles. The zero-order valence-corrected chi connectivity index (χ0v) is 10.2. The van der Waals surface area contributed by atoms with Crippen LogP contribution in [0.1, 0.15) is 33.6 Å². The van der Waals surface area contributed by atoms with E-state index in [0.717, 1.165) is 19.4 Å². The maximum Gasteiger partial charge on any atom is 0.241 e. The summed E-state index contributed by atoms with van der Waals surface area (Å²) in [6.45, 7) is 6.46. The minimum atomic E-state index is -0.620. The summed E-state index contributed by atoms with van der Waals surface area (Å²) in [5, 5.41) is 5.92. The van der Waals surface area contributed by atoms with Crippen LogP contribution in [0.15, 0.2) is 0 Å². The second kappa shape index (κ2) is 4.82. The van der Waals surface area contributed by atoms with Crippen molar-refractivity contribution in [2.45, 2.75) is 45.2 Å². The van der Waals surface area contributed by atoms with Crippen molar-refractivity contribution in [1.29, 1.82) is 0 Å². The average Bonchev–Trinajstić information content (AvgIpc) is 2.66. The lowest BCUT2D eigenvalue weighted by Gasteiger charge is -2.33. The monoisotopic (exact) mass is 227 g/mol. The van der Waals surface area contributed by atoms with Crippen molar-refractivity contribution in [3.05, 3.63) is 0 Å². The minimum Gasteiger partial charge on any atom is -0.368 e. The Hall–Kier alpha value is -1.10. The molecule has 0 aliphatic carbocycles. The molecular weight excluding hydrogens is 206 g/mol. The first kappa shape index (κ1) is 13.0. The van der Waals surface area contributed by atoms with E-state index in [1.165, 1.54) is 0 Å². The highest BCUT2D eigenvalue weighted by Gasteiger charge is 2.44. The average molecular weight is 227 g/mol. The number of carbonyl (C=O) groups excluding carboxylic acids is 2. The van der Waals surface area contributed by atoms with Crippen molar-refractivity contribution in [1.82, 2.24) is 10.6 Å². The van der Waals surface area contributed by atoms with Gasteiger partial charge in [-0.2, -0.15) is 0 Å². The second-order valence-corrected chi connectivity index (χ2v) is 4.75. The summed E-state index contributed by atoms with van der Waals surface area (Å²) in [6.07, 6.45) is 1.79. The molecule has 0 spiro atoms. The SMILES string of the molecule is CC(C)[C@@]1(C(=O)N[C@@H](C)C(N)=O)CCCN1. The molecule has 1 aliphatic heterocycles. The van der Waals surface area contributed by atoms with Gasteiger partial charge in [0.15, 0.2) is 0 Å². The molecule has 2 amide bonds. The third kappa shape index (κ3) is 2.35. The number of rotatable bonds is 4. The topological polar surface area (TPSA) is 84.2 Å². The summed E-state index contributed by atoms with van der Waals surface area (Å²) in [7, 11) is 0. The third-order valence-electron chi connectivity index (χ3n) is 3.35. The molecule has 2 atom stereocenters. The van der Waals surface area contributed by atoms with E-state index in [2.05, 4.69) is 10.6 Å². The van der Waals surface area contributed by atoms with Gasteiger partial charge in [0.2, 0.25) is 11.8 Å². The second-order valence-electron chi connectivity index (χ2n) is 4.75. The zero-order chi connectivity index (χ0) is 12.3. The molecule has 5 nitrogen and oxygen atoms in total. The number of hydrogen-bond acceptors (Lipinski definition) is 3. The Balaban J connectivity index is 2.73. The Morgan fingerprint density at radius 2 is 2.00 bits per heavy atom. The summed E-state index contributed by atoms with van der Waals surface area (Å²) < 4.78 is 0. The fourth-order valence-corrected chi connectivity index (χ4v) is 2.11. The highest BCUT2D eigenvalue weighted by molar-refractivity contribution is 5.91. The lowest BCUT2D eigenvalue weighted by Crippen LogP contribution is -2.59. The number of hydrogen-bond donors (Lipinski definition) is 3. The summed E-state index contributed by atoms with van der Waals surface area (Å²) in [4.78, 5) is 23.1. The summed E-state index contributed by atoms with van der Waals surface area (Å²) >= 11 is 0. The Morgan fingerprint density at radius 3 is 2.38 bits per heavy atom. The molecule has 1 heterocycles. The molecule has 1 rings (SSSR count). The van der Waals surface area contributed by atoms with Gasteiger partial charge in [0, 0.05) is 0 Å². The minimum absolute atomic E-state index is 0.119. The zero-order valence-electron chi connectivity index (χ0n) is 10.2. The number of primary amides is 1. The highest BCUT2D eigenvalue weighted by Crippen LogP contribution is 2.27. The molecule has 5 heteroatoms. The molecule has 0 aromatic rings. The van der Waals surface area contributed by atoms with Crippen LogP contribution in [0.25, 0.3) is 0 Å². The molecule has 0 aromatic carbocycles. The van der Waals surface area contributed by atoms with Crippen LogP contribution in [-0.2, 0) is 9.59 Å². The fourth-order valence-electron chi connectivity index (χ4n) is 2.11. The number of amides is 2. The maximum atomic E-state index is 12.1. The van der Waals surface area contributed by atoms with Gasteiger partial charge >= 0.3 is 0 Å². The van der Waals surface area contributed by atoms with Gasteiger partial charge in [-0.15, -0.1) is 0 Å². The van der Waals surface area contributed by atoms with Crippen LogP contribution in [0, 0.1) is 5.92 Å². The Labute approximate surface area is 96.1 Å². The number of carbonyl (C=O) groups is 2.